The molecule has 0 aliphatic carbocycles. The molecule has 0 amide bonds. The summed E-state index contributed by atoms with van der Waals surface area (Å²) in [5.41, 5.74) is 11.0. The van der Waals surface area contributed by atoms with Crippen molar-refractivity contribution in [3.8, 4) is 11.3 Å². The molecule has 23 heavy (non-hydrogen) atoms. The third-order valence-electron chi connectivity index (χ3n) is 4.50. The summed E-state index contributed by atoms with van der Waals surface area (Å²) in [6.07, 6.45) is 9.54. The summed E-state index contributed by atoms with van der Waals surface area (Å²) in [4.78, 5) is 11.6. The Kier molecular flexibility index (Phi) is 3.71. The normalized spacial score (nSPS) is 16.0. The average Bonchev–Trinajstić information content (AvgIpc) is 2.95. The molecule has 0 atom stereocenters. The summed E-state index contributed by atoms with van der Waals surface area (Å²) in [5.74, 6) is 0. The SMILES string of the molecule is Nc1ccc2nc(-c3cccnc3)c(CN3CCCCC3)n2c1. The van der Waals surface area contributed by atoms with Crippen LogP contribution >= 0.6 is 0 Å². The molecule has 3 aromatic rings. The van der Waals surface area contributed by atoms with Gasteiger partial charge in [0.05, 0.1) is 11.4 Å². The number of nitrogens with zero attached hydrogens (tertiary/aromatic N) is 4. The minimum Gasteiger partial charge on any atom is -0.398 e. The Labute approximate surface area is 135 Å². The fraction of sp³-hybridized carbons (Fsp3) is 0.333. The standard InChI is InChI=1S/C18H21N5/c19-15-6-7-17-21-18(14-5-4-8-20-11-14)16(23(17)12-15)13-22-9-2-1-3-10-22/h4-8,11-12H,1-3,9-10,13,19H2. The van der Waals surface area contributed by atoms with E-state index in [1.807, 2.05) is 30.6 Å². The van der Waals surface area contributed by atoms with Gasteiger partial charge in [-0.25, -0.2) is 4.98 Å². The molecule has 1 fully saturated rings. The lowest BCUT2D eigenvalue weighted by Crippen LogP contribution is -2.29. The number of likely N-dealkylation sites (tertiary alicyclic amines) is 1. The highest BCUT2D eigenvalue weighted by Gasteiger charge is 2.18. The zero-order valence-electron chi connectivity index (χ0n) is 13.2. The molecule has 1 aliphatic rings. The van der Waals surface area contributed by atoms with Crippen molar-refractivity contribution in [2.45, 2.75) is 25.8 Å². The maximum atomic E-state index is 6.00. The van der Waals surface area contributed by atoms with Crippen LogP contribution < -0.4 is 5.73 Å². The molecule has 0 bridgehead atoms. The summed E-state index contributed by atoms with van der Waals surface area (Å²) in [6.45, 7) is 3.21. The van der Waals surface area contributed by atoms with Gasteiger partial charge in [-0.1, -0.05) is 6.42 Å². The maximum Gasteiger partial charge on any atom is 0.137 e. The molecule has 4 heterocycles. The summed E-state index contributed by atoms with van der Waals surface area (Å²) in [7, 11) is 0. The lowest BCUT2D eigenvalue weighted by molar-refractivity contribution is 0.218. The van der Waals surface area contributed by atoms with Crippen molar-refractivity contribution in [3.63, 3.8) is 0 Å². The summed E-state index contributed by atoms with van der Waals surface area (Å²) in [5, 5.41) is 0. The van der Waals surface area contributed by atoms with Crippen LogP contribution in [0.1, 0.15) is 25.0 Å². The number of fused-ring (bicyclic) bond motifs is 1. The first-order valence-corrected chi connectivity index (χ1v) is 8.20. The Bertz CT molecular complexity index is 803. The molecule has 0 spiro atoms. The Balaban J connectivity index is 1.82. The Hall–Kier alpha value is -2.40. The van der Waals surface area contributed by atoms with Crippen LogP contribution in [0.4, 0.5) is 5.69 Å². The lowest BCUT2D eigenvalue weighted by Gasteiger charge is -2.26. The van der Waals surface area contributed by atoms with E-state index in [1.54, 1.807) is 6.20 Å². The first-order valence-electron chi connectivity index (χ1n) is 8.20. The van der Waals surface area contributed by atoms with Gasteiger partial charge in [0.1, 0.15) is 5.65 Å². The molecular formula is C18H21N5. The van der Waals surface area contributed by atoms with Gasteiger partial charge >= 0.3 is 0 Å². The van der Waals surface area contributed by atoms with Crippen LogP contribution in [0.15, 0.2) is 42.9 Å². The van der Waals surface area contributed by atoms with Crippen molar-refractivity contribution in [1.29, 1.82) is 0 Å². The Morgan fingerprint density at radius 2 is 1.96 bits per heavy atom. The van der Waals surface area contributed by atoms with Gasteiger partial charge in [-0.15, -0.1) is 0 Å². The second-order valence-electron chi connectivity index (χ2n) is 6.18. The van der Waals surface area contributed by atoms with Crippen LogP contribution in [-0.2, 0) is 6.54 Å². The van der Waals surface area contributed by atoms with E-state index in [4.69, 9.17) is 10.7 Å². The van der Waals surface area contributed by atoms with E-state index < -0.39 is 0 Å². The fourth-order valence-corrected chi connectivity index (χ4v) is 3.32. The van der Waals surface area contributed by atoms with Crippen molar-refractivity contribution in [2.24, 2.45) is 0 Å². The van der Waals surface area contributed by atoms with Crippen LogP contribution in [0.5, 0.6) is 0 Å². The zero-order chi connectivity index (χ0) is 15.6. The molecule has 0 unspecified atom stereocenters. The number of nitrogens with two attached hydrogens (primary N) is 1. The maximum absolute atomic E-state index is 6.00. The fourth-order valence-electron chi connectivity index (χ4n) is 3.32. The number of nitrogen functional groups attached to an aromatic ring is 1. The zero-order valence-corrected chi connectivity index (χ0v) is 13.2. The van der Waals surface area contributed by atoms with Gasteiger partial charge in [0.15, 0.2) is 0 Å². The molecule has 1 aliphatic heterocycles. The summed E-state index contributed by atoms with van der Waals surface area (Å²) in [6, 6.07) is 7.91. The number of hydrogen-bond donors (Lipinski definition) is 1. The Morgan fingerprint density at radius 3 is 2.74 bits per heavy atom. The molecule has 4 rings (SSSR count). The topological polar surface area (TPSA) is 59.5 Å². The minimum absolute atomic E-state index is 0.757. The highest BCUT2D eigenvalue weighted by atomic mass is 15.2. The minimum atomic E-state index is 0.757. The molecule has 2 N–H and O–H groups in total. The van der Waals surface area contributed by atoms with Gasteiger partial charge in [-0.3, -0.25) is 9.88 Å². The largest absolute Gasteiger partial charge is 0.398 e. The van der Waals surface area contributed by atoms with Crippen LogP contribution in [0.25, 0.3) is 16.9 Å². The van der Waals surface area contributed by atoms with E-state index in [1.165, 1.54) is 25.0 Å². The van der Waals surface area contributed by atoms with E-state index >= 15 is 0 Å². The van der Waals surface area contributed by atoms with Gasteiger partial charge < -0.3 is 10.1 Å². The predicted octanol–water partition coefficient (Wildman–Crippen LogP) is 2.96. The second kappa shape index (κ2) is 6.01. The molecule has 5 heteroatoms. The van der Waals surface area contributed by atoms with E-state index in [2.05, 4.69) is 20.4 Å². The van der Waals surface area contributed by atoms with Crippen LogP contribution in [-0.4, -0.2) is 32.4 Å². The molecule has 0 radical (unpaired) electrons. The van der Waals surface area contributed by atoms with E-state index in [0.717, 1.165) is 42.2 Å². The third kappa shape index (κ3) is 2.80. The van der Waals surface area contributed by atoms with Crippen LogP contribution in [0, 0.1) is 0 Å². The van der Waals surface area contributed by atoms with Gasteiger partial charge in [0, 0.05) is 36.4 Å². The van der Waals surface area contributed by atoms with Crippen molar-refractivity contribution in [3.05, 3.63) is 48.5 Å². The second-order valence-corrected chi connectivity index (χ2v) is 6.18. The van der Waals surface area contributed by atoms with Crippen LogP contribution in [0.2, 0.25) is 0 Å². The number of anilines is 1. The summed E-state index contributed by atoms with van der Waals surface area (Å²) >= 11 is 0. The molecule has 0 saturated carbocycles. The highest BCUT2D eigenvalue weighted by Crippen LogP contribution is 2.26. The third-order valence-corrected chi connectivity index (χ3v) is 4.50. The van der Waals surface area contributed by atoms with Gasteiger partial charge in [-0.05, 0) is 50.2 Å². The predicted molar refractivity (Wildman–Crippen MR) is 92.0 cm³/mol. The number of hydrogen-bond acceptors (Lipinski definition) is 4. The number of pyridine rings is 2. The van der Waals surface area contributed by atoms with Gasteiger partial charge in [-0.2, -0.15) is 0 Å². The Morgan fingerprint density at radius 1 is 1.09 bits per heavy atom. The number of imidazole rings is 1. The molecule has 3 aromatic heterocycles. The lowest BCUT2D eigenvalue weighted by atomic mass is 10.1. The van der Waals surface area contributed by atoms with Crippen molar-refractivity contribution < 1.29 is 0 Å². The quantitative estimate of drug-likeness (QED) is 0.808. The van der Waals surface area contributed by atoms with Gasteiger partial charge in [0.25, 0.3) is 0 Å². The average molecular weight is 307 g/mol. The monoisotopic (exact) mass is 307 g/mol. The molecule has 5 nitrogen and oxygen atoms in total. The number of aromatic nitrogens is 3. The molecule has 1 saturated heterocycles. The van der Waals surface area contributed by atoms with E-state index in [-0.39, 0.29) is 0 Å². The smallest absolute Gasteiger partial charge is 0.137 e. The van der Waals surface area contributed by atoms with Crippen molar-refractivity contribution in [1.82, 2.24) is 19.3 Å². The number of rotatable bonds is 3. The molecule has 118 valence electrons. The van der Waals surface area contributed by atoms with Crippen molar-refractivity contribution >= 4 is 11.3 Å². The number of piperidine rings is 1. The van der Waals surface area contributed by atoms with E-state index in [9.17, 15) is 0 Å². The van der Waals surface area contributed by atoms with Crippen molar-refractivity contribution in [2.75, 3.05) is 18.8 Å². The first kappa shape index (κ1) is 14.2. The van der Waals surface area contributed by atoms with E-state index in [0.29, 0.717) is 0 Å². The molecular weight excluding hydrogens is 286 g/mol. The highest BCUT2D eigenvalue weighted by molar-refractivity contribution is 5.66. The van der Waals surface area contributed by atoms with Crippen LogP contribution in [0.3, 0.4) is 0 Å². The summed E-state index contributed by atoms with van der Waals surface area (Å²) < 4.78 is 2.13. The van der Waals surface area contributed by atoms with Gasteiger partial charge in [0.2, 0.25) is 0 Å². The first-order chi connectivity index (χ1) is 11.3. The molecule has 0 aromatic carbocycles.